The van der Waals surface area contributed by atoms with Crippen LogP contribution in [0.5, 0.6) is 0 Å². The molecule has 0 bridgehead atoms. The smallest absolute Gasteiger partial charge is 0.191 e. The van der Waals surface area contributed by atoms with E-state index in [1.807, 2.05) is 18.3 Å². The number of rotatable bonds is 7. The van der Waals surface area contributed by atoms with Crippen LogP contribution in [0.15, 0.2) is 47.8 Å². The Hall–Kier alpha value is -2.54. The molecule has 3 heterocycles. The van der Waals surface area contributed by atoms with Crippen molar-refractivity contribution in [2.75, 3.05) is 51.2 Å². The van der Waals surface area contributed by atoms with E-state index in [1.165, 1.54) is 5.56 Å². The molecule has 1 aliphatic rings. The molecule has 7 heteroatoms. The van der Waals surface area contributed by atoms with Gasteiger partial charge in [0.2, 0.25) is 0 Å². The Morgan fingerprint density at radius 2 is 1.93 bits per heavy atom. The van der Waals surface area contributed by atoms with Gasteiger partial charge in [-0.1, -0.05) is 6.92 Å². The van der Waals surface area contributed by atoms with Crippen LogP contribution in [-0.4, -0.2) is 66.7 Å². The minimum Gasteiger partial charge on any atom is -0.355 e. The first-order valence-corrected chi connectivity index (χ1v) is 9.76. The van der Waals surface area contributed by atoms with Crippen molar-refractivity contribution in [1.29, 1.82) is 0 Å². The lowest BCUT2D eigenvalue weighted by atomic mass is 10.2. The summed E-state index contributed by atoms with van der Waals surface area (Å²) in [6, 6.07) is 8.32. The molecule has 0 unspecified atom stereocenters. The number of anilines is 1. The van der Waals surface area contributed by atoms with Gasteiger partial charge in [0.25, 0.3) is 0 Å². The van der Waals surface area contributed by atoms with E-state index < -0.39 is 0 Å². The number of guanidine groups is 1. The van der Waals surface area contributed by atoms with E-state index in [0.717, 1.165) is 64.1 Å². The molecule has 0 saturated carbocycles. The Balaban J connectivity index is 1.47. The van der Waals surface area contributed by atoms with E-state index in [-0.39, 0.29) is 0 Å². The van der Waals surface area contributed by atoms with Crippen LogP contribution in [-0.2, 0) is 13.1 Å². The van der Waals surface area contributed by atoms with Crippen molar-refractivity contribution in [3.63, 3.8) is 0 Å². The Morgan fingerprint density at radius 3 is 2.63 bits per heavy atom. The Bertz CT molecular complexity index is 703. The van der Waals surface area contributed by atoms with Gasteiger partial charge in [0.05, 0.1) is 0 Å². The van der Waals surface area contributed by atoms with Crippen molar-refractivity contribution in [3.05, 3.63) is 48.4 Å². The fourth-order valence-electron chi connectivity index (χ4n) is 3.27. The quantitative estimate of drug-likeness (QED) is 0.571. The molecular formula is C20H31N7. The van der Waals surface area contributed by atoms with Crippen molar-refractivity contribution in [2.45, 2.75) is 20.0 Å². The number of pyridine rings is 1. The zero-order valence-electron chi connectivity index (χ0n) is 16.4. The summed E-state index contributed by atoms with van der Waals surface area (Å²) in [5.74, 6) is 1.89. The van der Waals surface area contributed by atoms with Gasteiger partial charge in [-0.05, 0) is 36.4 Å². The zero-order chi connectivity index (χ0) is 18.9. The minimum absolute atomic E-state index is 0.730. The fourth-order valence-corrected chi connectivity index (χ4v) is 3.27. The number of aromatic nitrogens is 2. The summed E-state index contributed by atoms with van der Waals surface area (Å²) in [4.78, 5) is 13.7. The number of hydrogen-bond donors (Lipinski definition) is 2. The number of nitrogens with zero attached hydrogens (tertiary/aromatic N) is 5. The van der Waals surface area contributed by atoms with Crippen LogP contribution in [0.1, 0.15) is 12.5 Å². The van der Waals surface area contributed by atoms with E-state index in [0.29, 0.717) is 0 Å². The molecule has 2 N–H and O–H groups in total. The first-order chi connectivity index (χ1) is 13.3. The van der Waals surface area contributed by atoms with Gasteiger partial charge < -0.3 is 25.0 Å². The van der Waals surface area contributed by atoms with Gasteiger partial charge in [-0.2, -0.15) is 0 Å². The monoisotopic (exact) mass is 369 g/mol. The maximum atomic E-state index is 4.57. The molecular weight excluding hydrogens is 338 g/mol. The number of aliphatic imine (C=N–C) groups is 1. The summed E-state index contributed by atoms with van der Waals surface area (Å²) in [5.41, 5.74) is 1.21. The van der Waals surface area contributed by atoms with Crippen LogP contribution < -0.4 is 15.5 Å². The maximum Gasteiger partial charge on any atom is 0.191 e. The Morgan fingerprint density at radius 1 is 1.15 bits per heavy atom. The lowest BCUT2D eigenvalue weighted by molar-refractivity contribution is 0.270. The number of piperazine rings is 1. The topological polar surface area (TPSA) is 60.7 Å². The molecule has 0 aromatic carbocycles. The molecule has 0 spiro atoms. The molecule has 0 amide bonds. The third-order valence-electron chi connectivity index (χ3n) is 4.97. The first-order valence-electron chi connectivity index (χ1n) is 9.76. The lowest BCUT2D eigenvalue weighted by Crippen LogP contribution is -2.46. The molecule has 2 aromatic heterocycles. The van der Waals surface area contributed by atoms with Crippen molar-refractivity contribution in [2.24, 2.45) is 4.99 Å². The molecule has 1 aliphatic heterocycles. The third-order valence-corrected chi connectivity index (χ3v) is 4.97. The molecule has 2 aromatic rings. The average Bonchev–Trinajstić information content (AvgIpc) is 3.24. The van der Waals surface area contributed by atoms with E-state index in [9.17, 15) is 0 Å². The predicted octanol–water partition coefficient (Wildman–Crippen LogP) is 1.39. The SMILES string of the molecule is CCN1CCN(c2cc(CNC(=NC)NCCn3cccc3)ccn2)CC1. The van der Waals surface area contributed by atoms with Crippen LogP contribution in [0.4, 0.5) is 5.82 Å². The summed E-state index contributed by atoms with van der Waals surface area (Å²) in [5, 5.41) is 6.74. The largest absolute Gasteiger partial charge is 0.355 e. The summed E-state index contributed by atoms with van der Waals surface area (Å²) < 4.78 is 2.15. The van der Waals surface area contributed by atoms with Crippen molar-refractivity contribution in [3.8, 4) is 0 Å². The van der Waals surface area contributed by atoms with Crippen molar-refractivity contribution < 1.29 is 0 Å². The number of likely N-dealkylation sites (N-methyl/N-ethyl adjacent to an activating group) is 1. The molecule has 7 nitrogen and oxygen atoms in total. The second-order valence-electron chi connectivity index (χ2n) is 6.72. The molecule has 0 radical (unpaired) electrons. The van der Waals surface area contributed by atoms with E-state index in [2.05, 4.69) is 66.4 Å². The molecule has 0 atom stereocenters. The molecule has 146 valence electrons. The van der Waals surface area contributed by atoms with Gasteiger partial charge in [-0.15, -0.1) is 0 Å². The molecule has 1 fully saturated rings. The van der Waals surface area contributed by atoms with Crippen molar-refractivity contribution >= 4 is 11.8 Å². The normalized spacial score (nSPS) is 15.8. The predicted molar refractivity (Wildman–Crippen MR) is 111 cm³/mol. The van der Waals surface area contributed by atoms with Crippen LogP contribution >= 0.6 is 0 Å². The summed E-state index contributed by atoms with van der Waals surface area (Å²) in [7, 11) is 1.80. The van der Waals surface area contributed by atoms with E-state index in [4.69, 9.17) is 0 Å². The number of nitrogens with one attached hydrogen (secondary N) is 2. The highest BCUT2D eigenvalue weighted by molar-refractivity contribution is 5.79. The van der Waals surface area contributed by atoms with Crippen molar-refractivity contribution in [1.82, 2.24) is 25.1 Å². The highest BCUT2D eigenvalue weighted by atomic mass is 15.3. The third kappa shape index (κ3) is 5.72. The highest BCUT2D eigenvalue weighted by Crippen LogP contribution is 2.15. The van der Waals surface area contributed by atoms with Gasteiger partial charge >= 0.3 is 0 Å². The molecule has 3 rings (SSSR count). The molecule has 27 heavy (non-hydrogen) atoms. The zero-order valence-corrected chi connectivity index (χ0v) is 16.4. The van der Waals surface area contributed by atoms with E-state index in [1.54, 1.807) is 7.05 Å². The Labute approximate surface area is 162 Å². The summed E-state index contributed by atoms with van der Waals surface area (Å²) >= 11 is 0. The highest BCUT2D eigenvalue weighted by Gasteiger charge is 2.16. The fraction of sp³-hybridized carbons (Fsp3) is 0.500. The second kappa shape index (κ2) is 9.97. The standard InChI is InChI=1S/C20H31N7/c1-3-25-12-14-27(15-13-25)19-16-18(6-7-22-19)17-24-20(21-2)23-8-11-26-9-4-5-10-26/h4-7,9-10,16H,3,8,11-15,17H2,1-2H3,(H2,21,23,24). The lowest BCUT2D eigenvalue weighted by Gasteiger charge is -2.34. The van der Waals surface area contributed by atoms with Crippen LogP contribution in [0.3, 0.4) is 0 Å². The first kappa shape index (κ1) is 19.2. The van der Waals surface area contributed by atoms with Crippen LogP contribution in [0.2, 0.25) is 0 Å². The van der Waals surface area contributed by atoms with E-state index >= 15 is 0 Å². The second-order valence-corrected chi connectivity index (χ2v) is 6.72. The van der Waals surface area contributed by atoms with Crippen LogP contribution in [0, 0.1) is 0 Å². The molecule has 1 saturated heterocycles. The minimum atomic E-state index is 0.730. The summed E-state index contributed by atoms with van der Waals surface area (Å²) in [6.45, 7) is 10.1. The molecule has 0 aliphatic carbocycles. The van der Waals surface area contributed by atoms with Gasteiger partial charge in [0.1, 0.15) is 5.82 Å². The van der Waals surface area contributed by atoms with Gasteiger partial charge in [0, 0.05) is 71.5 Å². The maximum absolute atomic E-state index is 4.57. The van der Waals surface area contributed by atoms with Crippen LogP contribution in [0.25, 0.3) is 0 Å². The van der Waals surface area contributed by atoms with Gasteiger partial charge in [0.15, 0.2) is 5.96 Å². The summed E-state index contributed by atoms with van der Waals surface area (Å²) in [6.07, 6.45) is 6.04. The average molecular weight is 370 g/mol. The Kier molecular flexibility index (Phi) is 7.10. The number of hydrogen-bond acceptors (Lipinski definition) is 4. The van der Waals surface area contributed by atoms with Gasteiger partial charge in [-0.3, -0.25) is 4.99 Å². The van der Waals surface area contributed by atoms with Gasteiger partial charge in [-0.25, -0.2) is 4.98 Å².